The van der Waals surface area contributed by atoms with Crippen molar-refractivity contribution in [2.45, 2.75) is 32.9 Å². The van der Waals surface area contributed by atoms with E-state index in [1.54, 1.807) is 13.8 Å². The van der Waals surface area contributed by atoms with Crippen molar-refractivity contribution in [2.24, 2.45) is 0 Å². The first kappa shape index (κ1) is 13.5. The molecule has 0 saturated heterocycles. The highest BCUT2D eigenvalue weighted by atomic mass is 19.4. The summed E-state index contributed by atoms with van der Waals surface area (Å²) >= 11 is 0. The van der Waals surface area contributed by atoms with Crippen molar-refractivity contribution in [3.63, 3.8) is 0 Å². The quantitative estimate of drug-likeness (QED) is 0.775. The summed E-state index contributed by atoms with van der Waals surface area (Å²) in [7, 11) is 0. The van der Waals surface area contributed by atoms with Gasteiger partial charge in [0.25, 0.3) is 0 Å². The predicted octanol–water partition coefficient (Wildman–Crippen LogP) is 2.99. The second-order valence-electron chi connectivity index (χ2n) is 3.60. The molecule has 0 aliphatic rings. The number of aromatic nitrogens is 1. The third-order valence-electron chi connectivity index (χ3n) is 1.86. The first-order valence-electron chi connectivity index (χ1n) is 5.02. The van der Waals surface area contributed by atoms with E-state index in [1.807, 2.05) is 0 Å². The molecule has 17 heavy (non-hydrogen) atoms. The van der Waals surface area contributed by atoms with Gasteiger partial charge in [0.05, 0.1) is 6.61 Å². The summed E-state index contributed by atoms with van der Waals surface area (Å²) in [6, 6.07) is 0. The van der Waals surface area contributed by atoms with Crippen LogP contribution in [-0.4, -0.2) is 17.6 Å². The zero-order chi connectivity index (χ0) is 13.2. The Kier molecular flexibility index (Phi) is 3.79. The summed E-state index contributed by atoms with van der Waals surface area (Å²) in [6.07, 6.45) is -4.76. The molecule has 0 amide bonds. The maximum atomic E-state index is 12.6. The van der Waals surface area contributed by atoms with Crippen LogP contribution in [0.5, 0.6) is 0 Å². The average molecular weight is 251 g/mol. The standard InChI is InChI=1S/C10H12F3NO3/c1-4-16-9(15)6-7(10(11,12)13)17-8(14-6)5(2)3/h5H,4H2,1-3H3. The smallest absolute Gasteiger partial charge is 0.452 e. The van der Waals surface area contributed by atoms with Gasteiger partial charge in [-0.3, -0.25) is 0 Å². The highest BCUT2D eigenvalue weighted by molar-refractivity contribution is 5.88. The number of esters is 1. The summed E-state index contributed by atoms with van der Waals surface area (Å²) in [5, 5.41) is 0. The summed E-state index contributed by atoms with van der Waals surface area (Å²) in [6.45, 7) is 4.69. The first-order chi connectivity index (χ1) is 7.77. The van der Waals surface area contributed by atoms with Crippen LogP contribution in [0.3, 0.4) is 0 Å². The summed E-state index contributed by atoms with van der Waals surface area (Å²) in [5.41, 5.74) is -0.817. The lowest BCUT2D eigenvalue weighted by atomic mass is 10.2. The number of carbonyl (C=O) groups is 1. The largest absolute Gasteiger partial charge is 0.461 e. The molecular weight excluding hydrogens is 239 g/mol. The van der Waals surface area contributed by atoms with Crippen molar-refractivity contribution in [3.05, 3.63) is 17.3 Å². The number of hydrogen-bond acceptors (Lipinski definition) is 4. The van der Waals surface area contributed by atoms with Crippen LogP contribution < -0.4 is 0 Å². The SMILES string of the molecule is CCOC(=O)c1nc(C(C)C)oc1C(F)(F)F. The van der Waals surface area contributed by atoms with Gasteiger partial charge in [0.1, 0.15) is 0 Å². The molecule has 0 aromatic carbocycles. The van der Waals surface area contributed by atoms with Gasteiger partial charge in [-0.05, 0) is 6.92 Å². The predicted molar refractivity (Wildman–Crippen MR) is 51.6 cm³/mol. The van der Waals surface area contributed by atoms with Gasteiger partial charge in [-0.25, -0.2) is 9.78 Å². The van der Waals surface area contributed by atoms with Gasteiger partial charge in [0.2, 0.25) is 5.76 Å². The zero-order valence-electron chi connectivity index (χ0n) is 9.59. The number of carbonyl (C=O) groups excluding carboxylic acids is 1. The molecule has 1 aromatic rings. The zero-order valence-corrected chi connectivity index (χ0v) is 9.59. The molecule has 1 rings (SSSR count). The van der Waals surface area contributed by atoms with E-state index in [0.29, 0.717) is 0 Å². The lowest BCUT2D eigenvalue weighted by Gasteiger charge is -2.04. The Morgan fingerprint density at radius 3 is 2.47 bits per heavy atom. The van der Waals surface area contributed by atoms with Gasteiger partial charge in [0.15, 0.2) is 11.6 Å². The minimum Gasteiger partial charge on any atom is -0.461 e. The highest BCUT2D eigenvalue weighted by Gasteiger charge is 2.42. The molecule has 96 valence electrons. The second kappa shape index (κ2) is 4.77. The third kappa shape index (κ3) is 2.98. The second-order valence-corrected chi connectivity index (χ2v) is 3.60. The van der Waals surface area contributed by atoms with Crippen molar-refractivity contribution in [3.8, 4) is 0 Å². The van der Waals surface area contributed by atoms with E-state index in [1.165, 1.54) is 6.92 Å². The number of oxazole rings is 1. The third-order valence-corrected chi connectivity index (χ3v) is 1.86. The first-order valence-corrected chi connectivity index (χ1v) is 5.02. The molecule has 1 heterocycles. The van der Waals surface area contributed by atoms with Crippen LogP contribution in [0.4, 0.5) is 13.2 Å². The molecule has 1 aromatic heterocycles. The van der Waals surface area contributed by atoms with Crippen molar-refractivity contribution < 1.29 is 27.1 Å². The molecule has 0 saturated carbocycles. The maximum Gasteiger partial charge on any atom is 0.452 e. The maximum absolute atomic E-state index is 12.6. The minimum atomic E-state index is -4.76. The molecule has 4 nitrogen and oxygen atoms in total. The summed E-state index contributed by atoms with van der Waals surface area (Å²) in [4.78, 5) is 14.8. The number of hydrogen-bond donors (Lipinski definition) is 0. The Hall–Kier alpha value is -1.53. The van der Waals surface area contributed by atoms with E-state index in [2.05, 4.69) is 14.1 Å². The van der Waals surface area contributed by atoms with E-state index in [4.69, 9.17) is 0 Å². The fraction of sp³-hybridized carbons (Fsp3) is 0.600. The van der Waals surface area contributed by atoms with E-state index < -0.39 is 23.6 Å². The lowest BCUT2D eigenvalue weighted by Crippen LogP contribution is -2.13. The Morgan fingerprint density at radius 2 is 2.06 bits per heavy atom. The van der Waals surface area contributed by atoms with Crippen LogP contribution in [0.2, 0.25) is 0 Å². The van der Waals surface area contributed by atoms with Gasteiger partial charge < -0.3 is 9.15 Å². The van der Waals surface area contributed by atoms with Crippen LogP contribution in [0, 0.1) is 0 Å². The molecule has 0 fully saturated rings. The van der Waals surface area contributed by atoms with E-state index >= 15 is 0 Å². The van der Waals surface area contributed by atoms with Crippen LogP contribution in [0.15, 0.2) is 4.42 Å². The van der Waals surface area contributed by atoms with E-state index in [-0.39, 0.29) is 18.4 Å². The molecular formula is C10H12F3NO3. The molecule has 0 aliphatic carbocycles. The van der Waals surface area contributed by atoms with Crippen LogP contribution in [0.25, 0.3) is 0 Å². The monoisotopic (exact) mass is 251 g/mol. The lowest BCUT2D eigenvalue weighted by molar-refractivity contribution is -0.154. The Morgan fingerprint density at radius 1 is 1.47 bits per heavy atom. The minimum absolute atomic E-state index is 0.0278. The van der Waals surface area contributed by atoms with Gasteiger partial charge >= 0.3 is 12.1 Å². The fourth-order valence-electron chi connectivity index (χ4n) is 1.11. The van der Waals surface area contributed by atoms with Gasteiger partial charge in [-0.1, -0.05) is 13.8 Å². The average Bonchev–Trinajstić information content (AvgIpc) is 2.61. The molecule has 0 bridgehead atoms. The molecule has 0 radical (unpaired) electrons. The van der Waals surface area contributed by atoms with Crippen molar-refractivity contribution in [1.82, 2.24) is 4.98 Å². The normalized spacial score (nSPS) is 11.9. The van der Waals surface area contributed by atoms with Crippen LogP contribution in [0.1, 0.15) is 48.8 Å². The number of nitrogens with zero attached hydrogens (tertiary/aromatic N) is 1. The van der Waals surface area contributed by atoms with Crippen LogP contribution >= 0.6 is 0 Å². The number of alkyl halides is 3. The van der Waals surface area contributed by atoms with Crippen molar-refractivity contribution in [2.75, 3.05) is 6.61 Å². The number of rotatable bonds is 3. The molecule has 0 atom stereocenters. The summed E-state index contributed by atoms with van der Waals surface area (Å²) in [5.74, 6) is -3.02. The Bertz CT molecular complexity index is 409. The van der Waals surface area contributed by atoms with Gasteiger partial charge in [-0.2, -0.15) is 13.2 Å². The van der Waals surface area contributed by atoms with Crippen molar-refractivity contribution in [1.29, 1.82) is 0 Å². The topological polar surface area (TPSA) is 52.3 Å². The number of halogens is 3. The van der Waals surface area contributed by atoms with E-state index in [0.717, 1.165) is 0 Å². The van der Waals surface area contributed by atoms with Gasteiger partial charge in [0, 0.05) is 5.92 Å². The molecule has 0 aliphatic heterocycles. The highest BCUT2D eigenvalue weighted by Crippen LogP contribution is 2.34. The fourth-order valence-corrected chi connectivity index (χ4v) is 1.11. The Balaban J connectivity index is 3.22. The molecule has 7 heteroatoms. The number of ether oxygens (including phenoxy) is 1. The molecule has 0 N–H and O–H groups in total. The van der Waals surface area contributed by atoms with Gasteiger partial charge in [-0.15, -0.1) is 0 Å². The molecule has 0 unspecified atom stereocenters. The van der Waals surface area contributed by atoms with Crippen LogP contribution in [-0.2, 0) is 10.9 Å². The van der Waals surface area contributed by atoms with Crippen molar-refractivity contribution >= 4 is 5.97 Å². The summed E-state index contributed by atoms with van der Waals surface area (Å²) < 4.78 is 46.8. The molecule has 0 spiro atoms. The van der Waals surface area contributed by atoms with E-state index in [9.17, 15) is 18.0 Å². The Labute approximate surface area is 95.8 Å².